The third kappa shape index (κ3) is 2.91. The van der Waals surface area contributed by atoms with Gasteiger partial charge in [0, 0.05) is 0 Å². The molecular weight excluding hydrogens is 330 g/mol. The lowest BCUT2D eigenvalue weighted by Crippen LogP contribution is -2.70. The molecule has 2 fully saturated rings. The van der Waals surface area contributed by atoms with E-state index in [4.69, 9.17) is 15.2 Å². The van der Waals surface area contributed by atoms with Crippen molar-refractivity contribution in [2.45, 2.75) is 42.8 Å². The van der Waals surface area contributed by atoms with Gasteiger partial charge in [0.2, 0.25) is 5.91 Å². The summed E-state index contributed by atoms with van der Waals surface area (Å²) in [4.78, 5) is 25.7. The molecule has 3 rings (SSSR count). The van der Waals surface area contributed by atoms with Gasteiger partial charge < -0.3 is 20.1 Å². The minimum Gasteiger partial charge on any atom is -0.497 e. The number of benzene rings is 1. The van der Waals surface area contributed by atoms with Crippen molar-refractivity contribution in [1.29, 1.82) is 0 Å². The van der Waals surface area contributed by atoms with E-state index in [0.717, 1.165) is 11.3 Å². The minimum absolute atomic E-state index is 0.0839. The smallest absolute Gasteiger partial charge is 0.409 e. The van der Waals surface area contributed by atoms with Crippen molar-refractivity contribution >= 4 is 23.8 Å². The SMILES string of the molecule is COc1ccc(COC(=O)NC2N3C(=O)C(N)[C@H]3SC2(C)C)cc1. The molecule has 0 aromatic heterocycles. The van der Waals surface area contributed by atoms with E-state index in [0.29, 0.717) is 0 Å². The summed E-state index contributed by atoms with van der Waals surface area (Å²) in [7, 11) is 1.59. The molecule has 2 aliphatic rings. The quantitative estimate of drug-likeness (QED) is 0.794. The molecular formula is C16H21N3O4S. The lowest BCUT2D eigenvalue weighted by molar-refractivity contribution is -0.147. The molecule has 8 heteroatoms. The van der Waals surface area contributed by atoms with Crippen LogP contribution >= 0.6 is 11.8 Å². The van der Waals surface area contributed by atoms with Gasteiger partial charge in [-0.3, -0.25) is 10.1 Å². The highest BCUT2D eigenvalue weighted by Gasteiger charge is 2.60. The third-order valence-corrected chi connectivity index (χ3v) is 5.86. The highest BCUT2D eigenvalue weighted by atomic mass is 32.2. The van der Waals surface area contributed by atoms with Gasteiger partial charge in [-0.1, -0.05) is 12.1 Å². The fourth-order valence-corrected chi connectivity index (χ4v) is 4.42. The molecule has 130 valence electrons. The van der Waals surface area contributed by atoms with Crippen molar-refractivity contribution in [3.05, 3.63) is 29.8 Å². The van der Waals surface area contributed by atoms with Gasteiger partial charge in [-0.25, -0.2) is 4.79 Å². The number of hydrogen-bond acceptors (Lipinski definition) is 6. The Balaban J connectivity index is 1.57. The Morgan fingerprint density at radius 2 is 2.04 bits per heavy atom. The molecule has 0 bridgehead atoms. The van der Waals surface area contributed by atoms with E-state index in [1.165, 1.54) is 0 Å². The summed E-state index contributed by atoms with van der Waals surface area (Å²) in [6.07, 6.45) is -0.985. The molecule has 0 radical (unpaired) electrons. The van der Waals surface area contributed by atoms with Crippen molar-refractivity contribution in [1.82, 2.24) is 10.2 Å². The number of hydrogen-bond donors (Lipinski definition) is 2. The Hall–Kier alpha value is -1.93. The molecule has 2 heterocycles. The van der Waals surface area contributed by atoms with Crippen LogP contribution in [0.25, 0.3) is 0 Å². The van der Waals surface area contributed by atoms with Crippen LogP contribution in [-0.2, 0) is 16.1 Å². The second kappa shape index (κ2) is 6.18. The number of ether oxygens (including phenoxy) is 2. The summed E-state index contributed by atoms with van der Waals surface area (Å²) in [6, 6.07) is 6.78. The van der Waals surface area contributed by atoms with Gasteiger partial charge in [0.25, 0.3) is 0 Å². The second-order valence-corrected chi connectivity index (χ2v) is 8.13. The van der Waals surface area contributed by atoms with Crippen LogP contribution < -0.4 is 15.8 Å². The Morgan fingerprint density at radius 3 is 2.67 bits per heavy atom. The van der Waals surface area contributed by atoms with Crippen LogP contribution in [0.3, 0.4) is 0 Å². The standard InChI is InChI=1S/C16H21N3O4S/c1-16(2)14(19-12(20)11(17)13(19)24-16)18-15(21)23-8-9-4-6-10(22-3)7-5-9/h4-7,11,13-14H,8,17H2,1-3H3,(H,18,21)/t11?,13-,14?/m1/s1. The zero-order valence-electron chi connectivity index (χ0n) is 13.8. The van der Waals surface area contributed by atoms with E-state index in [9.17, 15) is 9.59 Å². The molecule has 2 unspecified atom stereocenters. The Kier molecular flexibility index (Phi) is 4.35. The summed E-state index contributed by atoms with van der Waals surface area (Å²) in [6.45, 7) is 4.10. The summed E-state index contributed by atoms with van der Waals surface area (Å²) in [5.74, 6) is 0.602. The zero-order valence-corrected chi connectivity index (χ0v) is 14.6. The number of carbonyl (C=O) groups excluding carboxylic acids is 2. The highest BCUT2D eigenvalue weighted by Crippen LogP contribution is 2.49. The third-order valence-electron chi connectivity index (χ3n) is 4.27. The number of nitrogens with one attached hydrogen (secondary N) is 1. The molecule has 1 aromatic rings. The molecule has 7 nitrogen and oxygen atoms in total. The first-order valence-electron chi connectivity index (χ1n) is 7.65. The molecule has 1 aromatic carbocycles. The number of alkyl carbamates (subject to hydrolysis) is 1. The lowest BCUT2D eigenvalue weighted by Gasteiger charge is -2.42. The van der Waals surface area contributed by atoms with E-state index in [-0.39, 0.29) is 22.6 Å². The van der Waals surface area contributed by atoms with Gasteiger partial charge in [0.05, 0.1) is 11.9 Å². The predicted molar refractivity (Wildman–Crippen MR) is 90.4 cm³/mol. The maximum absolute atomic E-state index is 12.1. The van der Waals surface area contributed by atoms with Gasteiger partial charge in [0.15, 0.2) is 0 Å². The van der Waals surface area contributed by atoms with Gasteiger partial charge in [-0.2, -0.15) is 0 Å². The van der Waals surface area contributed by atoms with Gasteiger partial charge in [-0.05, 0) is 31.5 Å². The normalized spacial score (nSPS) is 27.2. The van der Waals surface area contributed by atoms with Crippen LogP contribution in [0.15, 0.2) is 24.3 Å². The molecule has 0 saturated carbocycles. The average molecular weight is 351 g/mol. The molecule has 3 atom stereocenters. The number of carbonyl (C=O) groups is 2. The number of nitrogens with two attached hydrogens (primary N) is 1. The largest absolute Gasteiger partial charge is 0.497 e. The van der Waals surface area contributed by atoms with Crippen LogP contribution in [0.1, 0.15) is 19.4 Å². The van der Waals surface area contributed by atoms with Crippen molar-refractivity contribution in [2.24, 2.45) is 5.73 Å². The van der Waals surface area contributed by atoms with Gasteiger partial charge in [-0.15, -0.1) is 11.8 Å². The molecule has 2 aliphatic heterocycles. The molecule has 0 spiro atoms. The molecule has 3 N–H and O–H groups in total. The van der Waals surface area contributed by atoms with Crippen molar-refractivity contribution in [3.8, 4) is 5.75 Å². The maximum Gasteiger partial charge on any atom is 0.409 e. The summed E-state index contributed by atoms with van der Waals surface area (Å²) in [5.41, 5.74) is 6.67. The Bertz CT molecular complexity index is 649. The van der Waals surface area contributed by atoms with Crippen molar-refractivity contribution in [3.63, 3.8) is 0 Å². The lowest BCUT2D eigenvalue weighted by atomic mass is 10.0. The summed E-state index contributed by atoms with van der Waals surface area (Å²) in [5, 5.41) is 2.70. The highest BCUT2D eigenvalue weighted by molar-refractivity contribution is 8.01. The monoisotopic (exact) mass is 351 g/mol. The number of methoxy groups -OCH3 is 1. The van der Waals surface area contributed by atoms with E-state index in [1.807, 2.05) is 26.0 Å². The number of amides is 2. The first-order chi connectivity index (χ1) is 11.3. The van der Waals surface area contributed by atoms with Crippen LogP contribution in [0.4, 0.5) is 4.79 Å². The number of rotatable bonds is 4. The number of fused-ring (bicyclic) bond motifs is 1. The van der Waals surface area contributed by atoms with Crippen LogP contribution in [-0.4, -0.2) is 46.3 Å². The Morgan fingerprint density at radius 1 is 1.38 bits per heavy atom. The van der Waals surface area contributed by atoms with Crippen LogP contribution in [0.5, 0.6) is 5.75 Å². The summed E-state index contributed by atoms with van der Waals surface area (Å²) >= 11 is 1.59. The second-order valence-electron chi connectivity index (χ2n) is 6.35. The van der Waals surface area contributed by atoms with Gasteiger partial charge in [0.1, 0.15) is 29.9 Å². The maximum atomic E-state index is 12.1. The number of thioether (sulfide) groups is 1. The first kappa shape index (κ1) is 16.9. The van der Waals surface area contributed by atoms with Crippen molar-refractivity contribution < 1.29 is 19.1 Å². The molecule has 0 aliphatic carbocycles. The van der Waals surface area contributed by atoms with Crippen LogP contribution in [0.2, 0.25) is 0 Å². The van der Waals surface area contributed by atoms with Crippen molar-refractivity contribution in [2.75, 3.05) is 7.11 Å². The molecule has 24 heavy (non-hydrogen) atoms. The molecule has 2 saturated heterocycles. The zero-order chi connectivity index (χ0) is 17.5. The predicted octanol–water partition coefficient (Wildman–Crippen LogP) is 1.27. The number of nitrogens with zero attached hydrogens (tertiary/aromatic N) is 1. The average Bonchev–Trinajstić information content (AvgIpc) is 2.81. The van der Waals surface area contributed by atoms with E-state index >= 15 is 0 Å². The van der Waals surface area contributed by atoms with Crippen LogP contribution in [0, 0.1) is 0 Å². The minimum atomic E-state index is -0.557. The summed E-state index contributed by atoms with van der Waals surface area (Å²) < 4.78 is 10.0. The van der Waals surface area contributed by atoms with E-state index in [2.05, 4.69) is 5.32 Å². The number of β-lactam (4-membered cyclic amide) rings is 1. The van der Waals surface area contributed by atoms with Gasteiger partial charge >= 0.3 is 6.09 Å². The molecule has 2 amide bonds. The first-order valence-corrected chi connectivity index (χ1v) is 8.53. The Labute approximate surface area is 144 Å². The van der Waals surface area contributed by atoms with E-state index < -0.39 is 18.3 Å². The topological polar surface area (TPSA) is 93.9 Å². The fraction of sp³-hybridized carbons (Fsp3) is 0.500. The fourth-order valence-electron chi connectivity index (χ4n) is 2.89. The van der Waals surface area contributed by atoms with E-state index in [1.54, 1.807) is 35.9 Å².